The third-order valence-electron chi connectivity index (χ3n) is 15.0. The van der Waals surface area contributed by atoms with Crippen molar-refractivity contribution in [2.45, 2.75) is 107 Å². The minimum absolute atomic E-state index is 0.0179. The Morgan fingerprint density at radius 3 is 2.10 bits per heavy atom. The van der Waals surface area contributed by atoms with E-state index in [0.29, 0.717) is 24.7 Å². The SMILES string of the molecule is C/C1=C/C=C/[C@H](C)[C@H](O)[C@@H](C)[C@@H](O)[C@@H](C)[C@H](C)[C@H](C)[C@@H](C)/C=C/O[C@@]2(C)Oc3c(C)c(O)c4c(=O)c(c5oc6cc(N7CCN(CC(C)C)CC7)cc(=O)c6nc5c4c3=C2O)NC1=O.O=C1CCC(=O)O1. The summed E-state index contributed by atoms with van der Waals surface area (Å²) in [6, 6.07) is 3.21. The lowest BCUT2D eigenvalue weighted by Gasteiger charge is -2.36. The molecule has 382 valence electrons. The van der Waals surface area contributed by atoms with Gasteiger partial charge in [-0.25, -0.2) is 4.98 Å². The highest BCUT2D eigenvalue weighted by molar-refractivity contribution is 6.17. The molecule has 9 atom stereocenters. The van der Waals surface area contributed by atoms with Gasteiger partial charge in [0.15, 0.2) is 22.4 Å². The number of esters is 2. The van der Waals surface area contributed by atoms with Gasteiger partial charge in [-0.3, -0.25) is 28.9 Å². The molecule has 1 aromatic heterocycles. The van der Waals surface area contributed by atoms with Crippen LogP contribution in [0, 0.1) is 48.3 Å². The van der Waals surface area contributed by atoms with E-state index in [4.69, 9.17) is 18.9 Å². The van der Waals surface area contributed by atoms with Crippen molar-refractivity contribution in [3.05, 3.63) is 79.5 Å². The zero-order valence-electron chi connectivity index (χ0n) is 42.5. The van der Waals surface area contributed by atoms with Gasteiger partial charge in [0, 0.05) is 85.8 Å². The molecule has 17 nitrogen and oxygen atoms in total. The van der Waals surface area contributed by atoms with E-state index in [0.717, 1.165) is 19.6 Å². The minimum Gasteiger partial charge on any atom is -0.507 e. The molecule has 0 aliphatic carbocycles. The second-order valence-corrected chi connectivity index (χ2v) is 20.5. The number of aliphatic hydroxyl groups is 3. The summed E-state index contributed by atoms with van der Waals surface area (Å²) < 4.78 is 23.1. The first-order chi connectivity index (χ1) is 33.4. The largest absolute Gasteiger partial charge is 0.507 e. The van der Waals surface area contributed by atoms with Crippen LogP contribution in [0.3, 0.4) is 0 Å². The van der Waals surface area contributed by atoms with Gasteiger partial charge in [-0.05, 0) is 49.5 Å². The first-order valence-electron chi connectivity index (χ1n) is 24.6. The van der Waals surface area contributed by atoms with Crippen molar-refractivity contribution in [1.82, 2.24) is 9.88 Å². The van der Waals surface area contributed by atoms with E-state index in [-0.39, 0.29) is 103 Å². The maximum Gasteiger partial charge on any atom is 0.314 e. The van der Waals surface area contributed by atoms with E-state index in [1.807, 2.05) is 33.8 Å². The van der Waals surface area contributed by atoms with Crippen LogP contribution < -0.4 is 31.0 Å². The molecule has 0 radical (unpaired) electrons. The highest BCUT2D eigenvalue weighted by atomic mass is 16.7. The van der Waals surface area contributed by atoms with E-state index in [1.54, 1.807) is 31.2 Å². The first kappa shape index (κ1) is 52.5. The molecule has 5 aliphatic heterocycles. The van der Waals surface area contributed by atoms with Crippen LogP contribution >= 0.6 is 0 Å². The molecule has 71 heavy (non-hydrogen) atoms. The lowest BCUT2D eigenvalue weighted by atomic mass is 9.72. The number of aromatic nitrogens is 1. The van der Waals surface area contributed by atoms with E-state index >= 15 is 0 Å². The van der Waals surface area contributed by atoms with Crippen molar-refractivity contribution in [2.24, 2.45) is 41.4 Å². The summed E-state index contributed by atoms with van der Waals surface area (Å²) >= 11 is 0. The van der Waals surface area contributed by atoms with Crippen molar-refractivity contribution in [2.75, 3.05) is 42.9 Å². The van der Waals surface area contributed by atoms with Gasteiger partial charge in [-0.15, -0.1) is 0 Å². The highest BCUT2D eigenvalue weighted by Crippen LogP contribution is 2.42. The summed E-state index contributed by atoms with van der Waals surface area (Å²) in [7, 11) is 0. The zero-order valence-corrected chi connectivity index (χ0v) is 42.5. The summed E-state index contributed by atoms with van der Waals surface area (Å²) in [5, 5.41) is 49.2. The number of carbonyl (C=O) groups excluding carboxylic acids is 3. The number of amides is 1. The van der Waals surface area contributed by atoms with Crippen molar-refractivity contribution >= 4 is 68.0 Å². The van der Waals surface area contributed by atoms with Gasteiger partial charge in [0.25, 0.3) is 5.91 Å². The van der Waals surface area contributed by atoms with Gasteiger partial charge in [-0.1, -0.05) is 73.6 Å². The van der Waals surface area contributed by atoms with Crippen LogP contribution in [0.5, 0.6) is 11.5 Å². The quantitative estimate of drug-likeness (QED) is 0.0636. The van der Waals surface area contributed by atoms with Gasteiger partial charge in [0.05, 0.1) is 41.9 Å². The van der Waals surface area contributed by atoms with Gasteiger partial charge in [0.2, 0.25) is 10.9 Å². The predicted molar refractivity (Wildman–Crippen MR) is 271 cm³/mol. The molecule has 5 bridgehead atoms. The average Bonchev–Trinajstić information content (AvgIpc) is 3.85. The lowest BCUT2D eigenvalue weighted by molar-refractivity contribution is -0.152. The molecule has 0 saturated carbocycles. The van der Waals surface area contributed by atoms with Gasteiger partial charge in [0.1, 0.15) is 22.7 Å². The van der Waals surface area contributed by atoms with Crippen LogP contribution in [-0.4, -0.2) is 98.9 Å². The second kappa shape index (κ2) is 20.8. The van der Waals surface area contributed by atoms with Gasteiger partial charge >= 0.3 is 17.7 Å². The number of allylic oxidation sites excluding steroid dienone is 3. The normalized spacial score (nSPS) is 29.7. The summed E-state index contributed by atoms with van der Waals surface area (Å²) in [4.78, 5) is 72.2. The number of hydrogen-bond donors (Lipinski definition) is 5. The number of fused-ring (bicyclic) bond motifs is 14. The van der Waals surface area contributed by atoms with Crippen LogP contribution in [0.25, 0.3) is 38.7 Å². The Bertz CT molecular complexity index is 3010. The number of cyclic esters (lactones) is 2. The Labute approximate surface area is 412 Å². The Balaban J connectivity index is 0.000000973. The molecule has 6 heterocycles. The average molecular weight is 981 g/mol. The number of anilines is 2. The molecule has 3 aromatic carbocycles. The van der Waals surface area contributed by atoms with Crippen LogP contribution in [0.1, 0.15) is 87.6 Å². The number of phenolic OH excluding ortho intramolecular Hbond substituents is 1. The number of nitrogens with zero attached hydrogens (tertiary/aromatic N) is 3. The molecule has 4 aromatic rings. The number of benzene rings is 3. The van der Waals surface area contributed by atoms with Gasteiger partial charge in [-0.2, -0.15) is 0 Å². The molecule has 2 saturated heterocycles. The summed E-state index contributed by atoms with van der Waals surface area (Å²) in [6.45, 7) is 24.7. The van der Waals surface area contributed by atoms with E-state index in [2.05, 4.69) is 47.5 Å². The zero-order chi connectivity index (χ0) is 52.0. The first-order valence-corrected chi connectivity index (χ1v) is 24.6. The number of hydrogen-bond acceptors (Lipinski definition) is 16. The summed E-state index contributed by atoms with van der Waals surface area (Å²) in [6.07, 6.45) is 7.06. The van der Waals surface area contributed by atoms with Crippen LogP contribution in [0.2, 0.25) is 0 Å². The maximum atomic E-state index is 14.8. The second-order valence-electron chi connectivity index (χ2n) is 20.5. The summed E-state index contributed by atoms with van der Waals surface area (Å²) in [5.74, 6) is -4.68. The van der Waals surface area contributed by atoms with Crippen molar-refractivity contribution < 1.29 is 53.4 Å². The number of rotatable bonds is 3. The van der Waals surface area contributed by atoms with Gasteiger partial charge < -0.3 is 49.3 Å². The number of nitrogens with one attached hydrogen (secondary N) is 1. The molecule has 0 unspecified atom stereocenters. The Hall–Kier alpha value is -6.30. The standard InChI is InChI=1S/C50H64N4O10.C4H4O3/c1-24(2)23-53-16-18-54(19-17-53)33-21-34(55)39-35(22-33)63-47-40(51-39)36-37-44(58)32(10)46-38(36)48(60)50(11,64-46)62-20-15-25(3)28(6)29(7)30(8)43(57)31(9)42(56)26(4)13-12-14-27(5)49(61)52-41(47)45(37)59;5-3-1-2-4(6)7-3/h12-15,20-22,24-26,28-31,42-43,56-58,60H,16-19,23H2,1-11H3,(H,52,61);1-2H2/b13-12+,20-15+,27-14-;/t25-,26-,28+,29+,30-,31+,42-,43-,50-;/m0./s1. The monoisotopic (exact) mass is 980 g/mol. The van der Waals surface area contributed by atoms with Crippen LogP contribution in [0.15, 0.2) is 62.3 Å². The fourth-order valence-electron chi connectivity index (χ4n) is 9.95. The highest BCUT2D eigenvalue weighted by Gasteiger charge is 2.44. The number of ether oxygens (including phenoxy) is 3. The van der Waals surface area contributed by atoms with E-state index in [1.165, 1.54) is 26.2 Å². The molecule has 0 spiro atoms. The van der Waals surface area contributed by atoms with Crippen molar-refractivity contribution in [1.29, 1.82) is 0 Å². The maximum absolute atomic E-state index is 14.8. The third kappa shape index (κ3) is 10.4. The minimum atomic E-state index is -1.83. The number of aliphatic hydroxyl groups excluding tert-OH is 3. The molecule has 1 amide bonds. The topological polar surface area (TPSA) is 238 Å². The van der Waals surface area contributed by atoms with E-state index < -0.39 is 64.1 Å². The van der Waals surface area contributed by atoms with Crippen LogP contribution in [-0.2, 0) is 23.9 Å². The number of piperazine rings is 1. The Morgan fingerprint density at radius 1 is 0.817 bits per heavy atom. The molecule has 9 rings (SSSR count). The molecule has 5 N–H and O–H groups in total. The number of carbonyl (C=O) groups is 3. The molecular formula is C54H68N4O13. The Kier molecular flexibility index (Phi) is 15.4. The number of phenols is 1. The Morgan fingerprint density at radius 2 is 1.48 bits per heavy atom. The van der Waals surface area contributed by atoms with E-state index in [9.17, 15) is 44.4 Å². The predicted octanol–water partition coefficient (Wildman–Crippen LogP) is 6.51. The fraction of sp³-hybridized carbons (Fsp3) is 0.519. The molecule has 17 heteroatoms. The third-order valence-corrected chi connectivity index (χ3v) is 15.0. The smallest absolute Gasteiger partial charge is 0.314 e. The van der Waals surface area contributed by atoms with Crippen molar-refractivity contribution in [3.8, 4) is 11.5 Å². The molecule has 5 aliphatic rings. The number of aromatic hydroxyl groups is 1. The van der Waals surface area contributed by atoms with Crippen LogP contribution in [0.4, 0.5) is 11.4 Å². The van der Waals surface area contributed by atoms with Crippen molar-refractivity contribution in [3.63, 3.8) is 0 Å². The molecule has 2 fully saturated rings. The molecular weight excluding hydrogens is 913 g/mol. The summed E-state index contributed by atoms with van der Waals surface area (Å²) in [5.41, 5.74) is -0.883. The fourth-order valence-corrected chi connectivity index (χ4v) is 9.95. The lowest BCUT2D eigenvalue weighted by Crippen LogP contribution is -2.47.